The second-order valence-corrected chi connectivity index (χ2v) is 8.94. The van der Waals surface area contributed by atoms with Crippen LogP contribution in [0.3, 0.4) is 0 Å². The van der Waals surface area contributed by atoms with E-state index >= 15 is 0 Å². The monoisotopic (exact) mass is 530 g/mol. The van der Waals surface area contributed by atoms with Crippen molar-refractivity contribution in [2.24, 2.45) is 0 Å². The molecule has 0 amide bonds. The number of rotatable bonds is 7. The predicted octanol–water partition coefficient (Wildman–Crippen LogP) is -5.97. The molecule has 15 atom stereocenters. The topological polar surface area (TPSA) is 255 Å². The Bertz CT molecular complexity index is 724. The van der Waals surface area contributed by atoms with Gasteiger partial charge in [-0.25, -0.2) is 0 Å². The standard InChI is InChI=1S/C20H34O16/c1-5-9(23)11(25)15(29)19(32-5)36-17-12(26)10(24)8(4-31-6(2)22)34-20(17)35-16-7(3-21)33-18(30)14(28)13(16)27/h5,7-21,23-30H,3-4H2,1-2H3/t5-,7+,8+,9+,10-,11+,12-,13+,14+,15-,16+,17+,18?,19-,20-/m0/s1. The first-order chi connectivity index (χ1) is 16.9. The summed E-state index contributed by atoms with van der Waals surface area (Å²) >= 11 is 0. The van der Waals surface area contributed by atoms with Crippen molar-refractivity contribution < 1.29 is 79.2 Å². The third-order valence-electron chi connectivity index (χ3n) is 6.33. The summed E-state index contributed by atoms with van der Waals surface area (Å²) in [6, 6.07) is 0. The SMILES string of the molecule is CC(=O)OC[C@H]1O[C@@H](O[C@H]2[C@H](O)[C@@H](O)C(O)O[C@@H]2CO)[C@H](O[C@@H]2O[C@@H](C)[C@@H](O)[C@@H](O)[C@@H]2O)[C@@H](O)[C@H]1O. The zero-order valence-corrected chi connectivity index (χ0v) is 19.5. The van der Waals surface area contributed by atoms with Crippen molar-refractivity contribution in [1.29, 1.82) is 0 Å². The average Bonchev–Trinajstić information content (AvgIpc) is 2.84. The summed E-state index contributed by atoms with van der Waals surface area (Å²) in [5.41, 5.74) is 0. The van der Waals surface area contributed by atoms with E-state index in [1.165, 1.54) is 6.92 Å². The molecule has 3 heterocycles. The summed E-state index contributed by atoms with van der Waals surface area (Å²) in [7, 11) is 0. The van der Waals surface area contributed by atoms with Crippen molar-refractivity contribution >= 4 is 5.97 Å². The van der Waals surface area contributed by atoms with Crippen LogP contribution in [0, 0.1) is 0 Å². The van der Waals surface area contributed by atoms with Crippen LogP contribution in [0.1, 0.15) is 13.8 Å². The van der Waals surface area contributed by atoms with Crippen molar-refractivity contribution in [3.05, 3.63) is 0 Å². The average molecular weight is 530 g/mol. The Morgan fingerprint density at radius 3 is 1.92 bits per heavy atom. The van der Waals surface area contributed by atoms with Crippen LogP contribution in [0.2, 0.25) is 0 Å². The van der Waals surface area contributed by atoms with Gasteiger partial charge in [0.15, 0.2) is 18.9 Å². The summed E-state index contributed by atoms with van der Waals surface area (Å²) in [5, 5.41) is 91.3. The molecule has 3 saturated heterocycles. The molecule has 3 fully saturated rings. The maximum absolute atomic E-state index is 11.2. The molecule has 0 aromatic rings. The van der Waals surface area contributed by atoms with Gasteiger partial charge >= 0.3 is 5.97 Å². The van der Waals surface area contributed by atoms with Gasteiger partial charge in [-0.1, -0.05) is 0 Å². The van der Waals surface area contributed by atoms with E-state index in [9.17, 15) is 50.8 Å². The number of ether oxygens (including phenoxy) is 6. The fourth-order valence-corrected chi connectivity index (χ4v) is 4.17. The molecule has 0 aliphatic carbocycles. The highest BCUT2D eigenvalue weighted by molar-refractivity contribution is 5.65. The highest BCUT2D eigenvalue weighted by Gasteiger charge is 2.53. The lowest BCUT2D eigenvalue weighted by atomic mass is 9.96. The van der Waals surface area contributed by atoms with Gasteiger partial charge in [0.25, 0.3) is 0 Å². The van der Waals surface area contributed by atoms with E-state index in [0.29, 0.717) is 0 Å². The van der Waals surface area contributed by atoms with Gasteiger partial charge in [0.05, 0.1) is 12.7 Å². The molecule has 1 unspecified atom stereocenters. The molecule has 0 saturated carbocycles. The van der Waals surface area contributed by atoms with Crippen molar-refractivity contribution in [3.63, 3.8) is 0 Å². The maximum atomic E-state index is 11.2. The molecule has 0 spiro atoms. The van der Waals surface area contributed by atoms with Gasteiger partial charge < -0.3 is 74.4 Å². The van der Waals surface area contributed by atoms with Crippen molar-refractivity contribution in [2.75, 3.05) is 13.2 Å². The Labute approximate surface area is 205 Å². The van der Waals surface area contributed by atoms with Gasteiger partial charge in [0, 0.05) is 6.92 Å². The van der Waals surface area contributed by atoms with E-state index < -0.39 is 111 Å². The Morgan fingerprint density at radius 2 is 1.31 bits per heavy atom. The fourth-order valence-electron chi connectivity index (χ4n) is 4.17. The van der Waals surface area contributed by atoms with Crippen molar-refractivity contribution in [3.8, 4) is 0 Å². The van der Waals surface area contributed by atoms with Gasteiger partial charge in [-0.2, -0.15) is 0 Å². The van der Waals surface area contributed by atoms with Crippen LogP contribution in [-0.4, -0.2) is 157 Å². The second kappa shape index (κ2) is 12.2. The quantitative estimate of drug-likeness (QED) is 0.139. The Kier molecular flexibility index (Phi) is 9.97. The van der Waals surface area contributed by atoms with Gasteiger partial charge in [0.2, 0.25) is 0 Å². The number of carbonyl (C=O) groups excluding carboxylic acids is 1. The normalized spacial score (nSPS) is 50.0. The molecule has 16 nitrogen and oxygen atoms in total. The molecule has 210 valence electrons. The van der Waals surface area contributed by atoms with Crippen LogP contribution >= 0.6 is 0 Å². The van der Waals surface area contributed by atoms with E-state index in [4.69, 9.17) is 28.4 Å². The molecule has 16 heteroatoms. The lowest BCUT2D eigenvalue weighted by Gasteiger charge is -2.48. The molecule has 3 aliphatic rings. The molecule has 3 aliphatic heterocycles. The van der Waals surface area contributed by atoms with Gasteiger partial charge in [0.1, 0.15) is 73.8 Å². The highest BCUT2D eigenvalue weighted by atomic mass is 16.8. The van der Waals surface area contributed by atoms with Gasteiger partial charge in [-0.05, 0) is 6.92 Å². The smallest absolute Gasteiger partial charge is 0.302 e. The van der Waals surface area contributed by atoms with Crippen LogP contribution < -0.4 is 0 Å². The molecule has 9 N–H and O–H groups in total. The van der Waals surface area contributed by atoms with Crippen LogP contribution in [0.4, 0.5) is 0 Å². The van der Waals surface area contributed by atoms with E-state index in [0.717, 1.165) is 6.92 Å². The van der Waals surface area contributed by atoms with Crippen molar-refractivity contribution in [2.45, 2.75) is 106 Å². The lowest BCUT2D eigenvalue weighted by Crippen LogP contribution is -2.66. The largest absolute Gasteiger partial charge is 0.463 e. The van der Waals surface area contributed by atoms with E-state index in [1.807, 2.05) is 0 Å². The third-order valence-corrected chi connectivity index (χ3v) is 6.33. The Hall–Kier alpha value is -1.09. The predicted molar refractivity (Wildman–Crippen MR) is 109 cm³/mol. The molecular weight excluding hydrogens is 496 g/mol. The number of carbonyl (C=O) groups is 1. The van der Waals surface area contributed by atoms with Crippen LogP contribution in [0.5, 0.6) is 0 Å². The molecule has 0 bridgehead atoms. The number of aliphatic hydroxyl groups is 9. The van der Waals surface area contributed by atoms with E-state index in [2.05, 4.69) is 0 Å². The minimum Gasteiger partial charge on any atom is -0.463 e. The molecule has 36 heavy (non-hydrogen) atoms. The first-order valence-electron chi connectivity index (χ1n) is 11.3. The zero-order chi connectivity index (χ0) is 26.9. The first kappa shape index (κ1) is 29.5. The number of hydrogen-bond acceptors (Lipinski definition) is 16. The van der Waals surface area contributed by atoms with Crippen LogP contribution in [0.15, 0.2) is 0 Å². The number of esters is 1. The minimum absolute atomic E-state index is 0.529. The van der Waals surface area contributed by atoms with Gasteiger partial charge in [-0.15, -0.1) is 0 Å². The Balaban J connectivity index is 1.86. The number of hydrogen-bond donors (Lipinski definition) is 9. The summed E-state index contributed by atoms with van der Waals surface area (Å²) in [6.45, 7) is 1.18. The minimum atomic E-state index is -1.85. The molecule has 0 aromatic carbocycles. The Morgan fingerprint density at radius 1 is 0.694 bits per heavy atom. The summed E-state index contributed by atoms with van der Waals surface area (Å²) in [4.78, 5) is 11.2. The zero-order valence-electron chi connectivity index (χ0n) is 19.5. The van der Waals surface area contributed by atoms with Gasteiger partial charge in [-0.3, -0.25) is 4.79 Å². The molecule has 3 rings (SSSR count). The van der Waals surface area contributed by atoms with Crippen LogP contribution in [-0.2, 0) is 33.2 Å². The first-order valence-corrected chi connectivity index (χ1v) is 11.3. The summed E-state index contributed by atoms with van der Waals surface area (Å²) < 4.78 is 32.1. The molecular formula is C20H34O16. The second-order valence-electron chi connectivity index (χ2n) is 8.94. The lowest BCUT2D eigenvalue weighted by molar-refractivity contribution is -0.385. The highest BCUT2D eigenvalue weighted by Crippen LogP contribution is 2.32. The maximum Gasteiger partial charge on any atom is 0.302 e. The summed E-state index contributed by atoms with van der Waals surface area (Å²) in [5.74, 6) is -0.718. The summed E-state index contributed by atoms with van der Waals surface area (Å²) in [6.07, 6.45) is -24.5. The fraction of sp³-hybridized carbons (Fsp3) is 0.950. The van der Waals surface area contributed by atoms with E-state index in [1.54, 1.807) is 0 Å². The molecule has 0 aromatic heterocycles. The third kappa shape index (κ3) is 6.13. The molecule has 0 radical (unpaired) electrons. The van der Waals surface area contributed by atoms with Crippen LogP contribution in [0.25, 0.3) is 0 Å². The van der Waals surface area contributed by atoms with E-state index in [-0.39, 0.29) is 0 Å². The number of aliphatic hydroxyl groups excluding tert-OH is 9. The van der Waals surface area contributed by atoms with Crippen molar-refractivity contribution in [1.82, 2.24) is 0 Å².